The van der Waals surface area contributed by atoms with Gasteiger partial charge >= 0.3 is 5.97 Å². The Bertz CT molecular complexity index is 210. The van der Waals surface area contributed by atoms with Crippen LogP contribution < -0.4 is 5.73 Å². The standard InChI is InChI=1S/C9H15NO2.ClH/c1-12-9(11)7-5-3-2-4-6(5)8(7)10;/h5-8H,2-4,10H2,1H3;1H/t5-,6+,7-,8-;/m0./s1. The van der Waals surface area contributed by atoms with Crippen LogP contribution in [0.1, 0.15) is 19.3 Å². The highest BCUT2D eigenvalue weighted by molar-refractivity contribution is 5.85. The Morgan fingerprint density at radius 3 is 2.62 bits per heavy atom. The summed E-state index contributed by atoms with van der Waals surface area (Å²) < 4.78 is 4.71. The van der Waals surface area contributed by atoms with Crippen LogP contribution in [-0.4, -0.2) is 19.1 Å². The Labute approximate surface area is 84.4 Å². The Hall–Kier alpha value is -0.280. The van der Waals surface area contributed by atoms with E-state index in [1.54, 1.807) is 0 Å². The lowest BCUT2D eigenvalue weighted by Gasteiger charge is -2.44. The predicted octanol–water partition coefficient (Wildman–Crippen LogP) is 0.955. The number of ether oxygens (including phenoxy) is 1. The number of rotatable bonds is 1. The molecule has 2 rings (SSSR count). The van der Waals surface area contributed by atoms with Crippen molar-refractivity contribution in [2.75, 3.05) is 7.11 Å². The molecule has 0 spiro atoms. The van der Waals surface area contributed by atoms with Crippen molar-refractivity contribution < 1.29 is 9.53 Å². The van der Waals surface area contributed by atoms with Crippen molar-refractivity contribution in [3.63, 3.8) is 0 Å². The molecule has 4 heteroatoms. The molecule has 0 aromatic rings. The van der Waals surface area contributed by atoms with Crippen LogP contribution in [0, 0.1) is 17.8 Å². The van der Waals surface area contributed by atoms with Gasteiger partial charge < -0.3 is 10.5 Å². The molecule has 0 radical (unpaired) electrons. The van der Waals surface area contributed by atoms with Gasteiger partial charge in [0.05, 0.1) is 13.0 Å². The topological polar surface area (TPSA) is 52.3 Å². The molecular weight excluding hydrogens is 190 g/mol. The molecular formula is C9H16ClNO2. The normalized spacial score (nSPS) is 41.4. The van der Waals surface area contributed by atoms with Gasteiger partial charge in [0.25, 0.3) is 0 Å². The van der Waals surface area contributed by atoms with E-state index in [4.69, 9.17) is 10.5 Å². The van der Waals surface area contributed by atoms with Crippen LogP contribution in [0.3, 0.4) is 0 Å². The number of hydrogen-bond donors (Lipinski definition) is 1. The molecule has 0 aromatic heterocycles. The molecule has 76 valence electrons. The van der Waals surface area contributed by atoms with E-state index in [9.17, 15) is 4.79 Å². The fourth-order valence-electron chi connectivity index (χ4n) is 2.82. The number of carbonyl (C=O) groups is 1. The van der Waals surface area contributed by atoms with E-state index in [0.29, 0.717) is 11.8 Å². The van der Waals surface area contributed by atoms with E-state index in [0.717, 1.165) is 6.42 Å². The zero-order valence-electron chi connectivity index (χ0n) is 7.73. The first-order valence-electron chi connectivity index (χ1n) is 4.59. The van der Waals surface area contributed by atoms with E-state index in [2.05, 4.69) is 0 Å². The minimum Gasteiger partial charge on any atom is -0.469 e. The fourth-order valence-corrected chi connectivity index (χ4v) is 2.82. The number of nitrogens with two attached hydrogens (primary N) is 1. The van der Waals surface area contributed by atoms with Crippen LogP contribution in [0.25, 0.3) is 0 Å². The fraction of sp³-hybridized carbons (Fsp3) is 0.889. The molecule has 2 aliphatic rings. The number of halogens is 1. The first-order chi connectivity index (χ1) is 5.75. The molecule has 0 amide bonds. The maximum absolute atomic E-state index is 11.2. The lowest BCUT2D eigenvalue weighted by Crippen LogP contribution is -2.57. The molecule has 2 fully saturated rings. The summed E-state index contributed by atoms with van der Waals surface area (Å²) in [5, 5.41) is 0. The highest BCUT2D eigenvalue weighted by Crippen LogP contribution is 2.50. The molecule has 0 unspecified atom stereocenters. The third-order valence-electron chi connectivity index (χ3n) is 3.47. The van der Waals surface area contributed by atoms with Crippen LogP contribution in [0.15, 0.2) is 0 Å². The number of methoxy groups -OCH3 is 1. The Kier molecular flexibility index (Phi) is 3.19. The SMILES string of the molecule is COC(=O)[C@@H]1[C@@H](N)[C@@H]2CCC[C@@H]21.Cl. The summed E-state index contributed by atoms with van der Waals surface area (Å²) in [6.45, 7) is 0. The van der Waals surface area contributed by atoms with Crippen LogP contribution in [-0.2, 0) is 9.53 Å². The highest BCUT2D eigenvalue weighted by Gasteiger charge is 2.54. The van der Waals surface area contributed by atoms with Gasteiger partial charge in [0.2, 0.25) is 0 Å². The van der Waals surface area contributed by atoms with Gasteiger partial charge in [0.15, 0.2) is 0 Å². The molecule has 2 N–H and O–H groups in total. The molecule has 0 aliphatic heterocycles. The molecule has 4 atom stereocenters. The lowest BCUT2D eigenvalue weighted by molar-refractivity contribution is -0.155. The molecule has 3 nitrogen and oxygen atoms in total. The van der Waals surface area contributed by atoms with Gasteiger partial charge in [0, 0.05) is 6.04 Å². The zero-order chi connectivity index (χ0) is 8.72. The van der Waals surface area contributed by atoms with Crippen molar-refractivity contribution in [2.45, 2.75) is 25.3 Å². The summed E-state index contributed by atoms with van der Waals surface area (Å²) in [6, 6.07) is 0.0740. The minimum absolute atomic E-state index is 0. The summed E-state index contributed by atoms with van der Waals surface area (Å²) in [5.74, 6) is 1.04. The van der Waals surface area contributed by atoms with Crippen molar-refractivity contribution in [2.24, 2.45) is 23.5 Å². The smallest absolute Gasteiger partial charge is 0.310 e. The summed E-state index contributed by atoms with van der Waals surface area (Å²) in [4.78, 5) is 11.2. The van der Waals surface area contributed by atoms with Crippen LogP contribution in [0.5, 0.6) is 0 Å². The average Bonchev–Trinajstić information content (AvgIpc) is 2.48. The Balaban J connectivity index is 0.000000845. The molecule has 13 heavy (non-hydrogen) atoms. The second-order valence-corrected chi connectivity index (χ2v) is 3.88. The van der Waals surface area contributed by atoms with Crippen LogP contribution >= 0.6 is 12.4 Å². The van der Waals surface area contributed by atoms with Gasteiger partial charge in [-0.25, -0.2) is 0 Å². The first-order valence-corrected chi connectivity index (χ1v) is 4.59. The van der Waals surface area contributed by atoms with Crippen LogP contribution in [0.2, 0.25) is 0 Å². The Morgan fingerprint density at radius 2 is 2.00 bits per heavy atom. The van der Waals surface area contributed by atoms with E-state index in [1.807, 2.05) is 0 Å². The molecule has 0 aromatic carbocycles. The number of hydrogen-bond acceptors (Lipinski definition) is 3. The second-order valence-electron chi connectivity index (χ2n) is 3.88. The average molecular weight is 206 g/mol. The first kappa shape index (κ1) is 10.8. The Morgan fingerprint density at radius 1 is 1.38 bits per heavy atom. The molecule has 2 aliphatic carbocycles. The summed E-state index contributed by atoms with van der Waals surface area (Å²) in [7, 11) is 1.44. The number of carbonyl (C=O) groups excluding carboxylic acids is 1. The van der Waals surface area contributed by atoms with Crippen molar-refractivity contribution in [1.29, 1.82) is 0 Å². The van der Waals surface area contributed by atoms with E-state index in [1.165, 1.54) is 20.0 Å². The van der Waals surface area contributed by atoms with Gasteiger partial charge in [0.1, 0.15) is 0 Å². The number of esters is 1. The van der Waals surface area contributed by atoms with Crippen molar-refractivity contribution in [3.8, 4) is 0 Å². The monoisotopic (exact) mass is 205 g/mol. The highest BCUT2D eigenvalue weighted by atomic mass is 35.5. The summed E-state index contributed by atoms with van der Waals surface area (Å²) >= 11 is 0. The quantitative estimate of drug-likeness (QED) is 0.649. The molecule has 0 bridgehead atoms. The molecule has 0 saturated heterocycles. The zero-order valence-corrected chi connectivity index (χ0v) is 8.55. The van der Waals surface area contributed by atoms with Crippen molar-refractivity contribution in [3.05, 3.63) is 0 Å². The molecule has 2 saturated carbocycles. The third-order valence-corrected chi connectivity index (χ3v) is 3.47. The maximum atomic E-state index is 11.2. The summed E-state index contributed by atoms with van der Waals surface area (Å²) in [6.07, 6.45) is 3.61. The van der Waals surface area contributed by atoms with Gasteiger partial charge in [-0.2, -0.15) is 0 Å². The van der Waals surface area contributed by atoms with E-state index < -0.39 is 0 Å². The lowest BCUT2D eigenvalue weighted by atomic mass is 9.63. The maximum Gasteiger partial charge on any atom is 0.310 e. The van der Waals surface area contributed by atoms with Crippen molar-refractivity contribution >= 4 is 18.4 Å². The number of fused-ring (bicyclic) bond motifs is 1. The van der Waals surface area contributed by atoms with Crippen LogP contribution in [0.4, 0.5) is 0 Å². The second kappa shape index (κ2) is 3.84. The van der Waals surface area contributed by atoms with Gasteiger partial charge in [-0.15, -0.1) is 12.4 Å². The third kappa shape index (κ3) is 1.44. The van der Waals surface area contributed by atoms with Gasteiger partial charge in [-0.1, -0.05) is 6.42 Å². The molecule has 0 heterocycles. The minimum atomic E-state index is -0.106. The predicted molar refractivity (Wildman–Crippen MR) is 51.6 cm³/mol. The largest absolute Gasteiger partial charge is 0.469 e. The van der Waals surface area contributed by atoms with E-state index >= 15 is 0 Å². The van der Waals surface area contributed by atoms with Crippen molar-refractivity contribution in [1.82, 2.24) is 0 Å². The van der Waals surface area contributed by atoms with Gasteiger partial charge in [-0.3, -0.25) is 4.79 Å². The summed E-state index contributed by atoms with van der Waals surface area (Å²) in [5.41, 5.74) is 5.88. The van der Waals surface area contributed by atoms with E-state index in [-0.39, 0.29) is 30.3 Å². The van der Waals surface area contributed by atoms with Gasteiger partial charge in [-0.05, 0) is 24.7 Å².